The standard InChI is InChI=1S/C24H22F6N4O/c1-14-9-10-16(23(25,26)27)12-19(14)32-21-13-20(33-22(34-21)31-17-6-2-3-7-17)15-5-4-8-18(11-15)35-24(28,29)30/h4-5,8-13,17H,2-3,6-7H2,1H3,(H2,31,32,33,34). The molecule has 11 heteroatoms. The highest BCUT2D eigenvalue weighted by Gasteiger charge is 2.32. The number of hydrogen-bond donors (Lipinski definition) is 2. The lowest BCUT2D eigenvalue weighted by molar-refractivity contribution is -0.274. The van der Waals surface area contributed by atoms with Crippen molar-refractivity contribution >= 4 is 17.5 Å². The van der Waals surface area contributed by atoms with E-state index >= 15 is 0 Å². The van der Waals surface area contributed by atoms with Crippen LogP contribution in [0.3, 0.4) is 0 Å². The zero-order valence-electron chi connectivity index (χ0n) is 18.6. The van der Waals surface area contributed by atoms with Crippen molar-refractivity contribution in [2.45, 2.75) is 51.2 Å². The van der Waals surface area contributed by atoms with E-state index in [1.165, 1.54) is 30.3 Å². The molecule has 1 aliphatic carbocycles. The number of benzene rings is 2. The van der Waals surface area contributed by atoms with E-state index in [1.807, 2.05) is 0 Å². The molecule has 0 bridgehead atoms. The molecule has 1 aromatic heterocycles. The Bertz CT molecular complexity index is 1190. The predicted octanol–water partition coefficient (Wildman–Crippen LogP) is 7.47. The number of alkyl halides is 6. The molecule has 2 N–H and O–H groups in total. The van der Waals surface area contributed by atoms with Gasteiger partial charge in [0.15, 0.2) is 0 Å². The second kappa shape index (κ2) is 9.63. The van der Waals surface area contributed by atoms with Gasteiger partial charge in [0.1, 0.15) is 11.6 Å². The van der Waals surface area contributed by atoms with E-state index in [4.69, 9.17) is 0 Å². The topological polar surface area (TPSA) is 59.1 Å². The van der Waals surface area contributed by atoms with Gasteiger partial charge in [0.25, 0.3) is 0 Å². The Labute approximate surface area is 197 Å². The Morgan fingerprint density at radius 2 is 1.66 bits per heavy atom. The largest absolute Gasteiger partial charge is 0.573 e. The second-order valence-corrected chi connectivity index (χ2v) is 8.32. The summed E-state index contributed by atoms with van der Waals surface area (Å²) in [5.74, 6) is 0.00545. The summed E-state index contributed by atoms with van der Waals surface area (Å²) in [6.45, 7) is 1.65. The maximum atomic E-state index is 13.2. The molecular formula is C24H22F6N4O. The Balaban J connectivity index is 1.71. The van der Waals surface area contributed by atoms with Crippen molar-refractivity contribution in [3.05, 3.63) is 59.7 Å². The van der Waals surface area contributed by atoms with E-state index in [0.29, 0.717) is 11.1 Å². The van der Waals surface area contributed by atoms with Gasteiger partial charge in [0, 0.05) is 23.4 Å². The minimum atomic E-state index is -4.85. The van der Waals surface area contributed by atoms with Gasteiger partial charge in [0.05, 0.1) is 11.3 Å². The summed E-state index contributed by atoms with van der Waals surface area (Å²) < 4.78 is 81.7. The number of hydrogen-bond acceptors (Lipinski definition) is 5. The molecule has 1 heterocycles. The highest BCUT2D eigenvalue weighted by molar-refractivity contribution is 5.69. The highest BCUT2D eigenvalue weighted by atomic mass is 19.4. The lowest BCUT2D eigenvalue weighted by Gasteiger charge is -2.17. The average molecular weight is 496 g/mol. The summed E-state index contributed by atoms with van der Waals surface area (Å²) in [7, 11) is 0. The van der Waals surface area contributed by atoms with Crippen molar-refractivity contribution < 1.29 is 31.1 Å². The van der Waals surface area contributed by atoms with Crippen molar-refractivity contribution in [1.29, 1.82) is 0 Å². The van der Waals surface area contributed by atoms with E-state index in [1.54, 1.807) is 13.0 Å². The summed E-state index contributed by atoms with van der Waals surface area (Å²) in [5, 5.41) is 6.14. The van der Waals surface area contributed by atoms with Crippen LogP contribution in [0.15, 0.2) is 48.5 Å². The fourth-order valence-electron chi connectivity index (χ4n) is 3.90. The number of aromatic nitrogens is 2. The maximum absolute atomic E-state index is 13.2. The number of halogens is 6. The molecule has 0 amide bonds. The van der Waals surface area contributed by atoms with Gasteiger partial charge in [-0.25, -0.2) is 4.98 Å². The molecule has 1 saturated carbocycles. The molecule has 0 unspecified atom stereocenters. The molecule has 0 radical (unpaired) electrons. The Morgan fingerprint density at radius 3 is 2.34 bits per heavy atom. The van der Waals surface area contributed by atoms with Gasteiger partial charge in [0.2, 0.25) is 5.95 Å². The third-order valence-electron chi connectivity index (χ3n) is 5.61. The molecule has 0 spiro atoms. The molecule has 35 heavy (non-hydrogen) atoms. The molecule has 1 aliphatic rings. The van der Waals surface area contributed by atoms with Crippen LogP contribution in [-0.4, -0.2) is 22.4 Å². The van der Waals surface area contributed by atoms with E-state index in [2.05, 4.69) is 25.3 Å². The van der Waals surface area contributed by atoms with Crippen molar-refractivity contribution in [1.82, 2.24) is 9.97 Å². The van der Waals surface area contributed by atoms with Crippen LogP contribution in [0, 0.1) is 6.92 Å². The zero-order chi connectivity index (χ0) is 25.2. The fourth-order valence-corrected chi connectivity index (χ4v) is 3.90. The van der Waals surface area contributed by atoms with E-state index in [-0.39, 0.29) is 29.2 Å². The lowest BCUT2D eigenvalue weighted by Crippen LogP contribution is -2.17. The number of nitrogens with zero attached hydrogens (tertiary/aromatic N) is 2. The summed E-state index contributed by atoms with van der Waals surface area (Å²) in [6.07, 6.45) is -5.45. The van der Waals surface area contributed by atoms with E-state index in [0.717, 1.165) is 37.8 Å². The second-order valence-electron chi connectivity index (χ2n) is 8.32. The quantitative estimate of drug-likeness (QED) is 0.347. The van der Waals surface area contributed by atoms with Crippen molar-refractivity contribution in [3.8, 4) is 17.0 Å². The molecule has 3 aromatic rings. The zero-order valence-corrected chi connectivity index (χ0v) is 18.6. The third kappa shape index (κ3) is 6.55. The molecule has 0 aliphatic heterocycles. The van der Waals surface area contributed by atoms with Crippen molar-refractivity contribution in [3.63, 3.8) is 0 Å². The molecular weight excluding hydrogens is 474 g/mol. The summed E-state index contributed by atoms with van der Waals surface area (Å²) in [4.78, 5) is 8.85. The summed E-state index contributed by atoms with van der Waals surface area (Å²) in [5.41, 5.74) is 0.545. The van der Waals surface area contributed by atoms with Crippen LogP contribution in [0.2, 0.25) is 0 Å². The smallest absolute Gasteiger partial charge is 0.406 e. The molecule has 186 valence electrons. The lowest BCUT2D eigenvalue weighted by atomic mass is 10.1. The normalized spacial score (nSPS) is 14.7. The Hall–Kier alpha value is -3.50. The Morgan fingerprint density at radius 1 is 0.914 bits per heavy atom. The monoisotopic (exact) mass is 496 g/mol. The average Bonchev–Trinajstić information content (AvgIpc) is 3.26. The summed E-state index contributed by atoms with van der Waals surface area (Å²) in [6, 6.07) is 10.2. The van der Waals surface area contributed by atoms with Crippen LogP contribution in [-0.2, 0) is 6.18 Å². The predicted molar refractivity (Wildman–Crippen MR) is 119 cm³/mol. The molecule has 0 atom stereocenters. The van der Waals surface area contributed by atoms with Crippen LogP contribution < -0.4 is 15.4 Å². The summed E-state index contributed by atoms with van der Waals surface area (Å²) >= 11 is 0. The first-order valence-corrected chi connectivity index (χ1v) is 10.9. The Kier molecular flexibility index (Phi) is 6.77. The third-order valence-corrected chi connectivity index (χ3v) is 5.61. The number of nitrogens with one attached hydrogen (secondary N) is 2. The minimum absolute atomic E-state index is 0.133. The van der Waals surface area contributed by atoms with Gasteiger partial charge >= 0.3 is 12.5 Å². The van der Waals surface area contributed by atoms with E-state index in [9.17, 15) is 26.3 Å². The van der Waals surface area contributed by atoms with Crippen LogP contribution >= 0.6 is 0 Å². The highest BCUT2D eigenvalue weighted by Crippen LogP contribution is 2.34. The number of aryl methyl sites for hydroxylation is 1. The number of anilines is 3. The first kappa shape index (κ1) is 24.6. The maximum Gasteiger partial charge on any atom is 0.573 e. The number of ether oxygens (including phenoxy) is 1. The number of rotatable bonds is 6. The van der Waals surface area contributed by atoms with Gasteiger partial charge in [-0.3, -0.25) is 0 Å². The first-order valence-electron chi connectivity index (χ1n) is 10.9. The van der Waals surface area contributed by atoms with Gasteiger partial charge in [-0.05, 0) is 49.6 Å². The van der Waals surface area contributed by atoms with E-state index < -0.39 is 23.9 Å². The van der Waals surface area contributed by atoms with Gasteiger partial charge < -0.3 is 15.4 Å². The minimum Gasteiger partial charge on any atom is -0.406 e. The molecule has 5 nitrogen and oxygen atoms in total. The van der Waals surface area contributed by atoms with Crippen LogP contribution in [0.5, 0.6) is 5.75 Å². The van der Waals surface area contributed by atoms with Crippen LogP contribution in [0.4, 0.5) is 43.8 Å². The van der Waals surface area contributed by atoms with Crippen molar-refractivity contribution in [2.75, 3.05) is 10.6 Å². The molecule has 2 aromatic carbocycles. The van der Waals surface area contributed by atoms with Gasteiger partial charge in [-0.1, -0.05) is 31.0 Å². The van der Waals surface area contributed by atoms with Crippen LogP contribution in [0.25, 0.3) is 11.3 Å². The van der Waals surface area contributed by atoms with Gasteiger partial charge in [-0.15, -0.1) is 13.2 Å². The van der Waals surface area contributed by atoms with Crippen LogP contribution in [0.1, 0.15) is 36.8 Å². The molecule has 4 rings (SSSR count). The van der Waals surface area contributed by atoms with Gasteiger partial charge in [-0.2, -0.15) is 18.2 Å². The van der Waals surface area contributed by atoms with Crippen molar-refractivity contribution in [2.24, 2.45) is 0 Å². The molecule has 1 fully saturated rings. The molecule has 0 saturated heterocycles. The SMILES string of the molecule is Cc1ccc(C(F)(F)F)cc1Nc1cc(-c2cccc(OC(F)(F)F)c2)nc(NC2CCCC2)n1. The fraction of sp³-hybridized carbons (Fsp3) is 0.333. The first-order chi connectivity index (χ1) is 16.5.